The summed E-state index contributed by atoms with van der Waals surface area (Å²) in [6.07, 6.45) is 5.48. The van der Waals surface area contributed by atoms with Crippen molar-refractivity contribution in [3.05, 3.63) is 74.5 Å². The third-order valence-electron chi connectivity index (χ3n) is 4.72. The van der Waals surface area contributed by atoms with Gasteiger partial charge in [0, 0.05) is 10.9 Å². The number of nitrogens with one attached hydrogen (secondary N) is 1. The SMILES string of the molecule is CCCCCCc1ccc2[nH]c(=O)c(C(=O)c3ccccc3Cl)c(O)c2c1. The number of aromatic amines is 1. The van der Waals surface area contributed by atoms with Crippen LogP contribution < -0.4 is 5.56 Å². The molecule has 0 spiro atoms. The first-order valence-corrected chi connectivity index (χ1v) is 9.57. The van der Waals surface area contributed by atoms with Crippen molar-refractivity contribution in [3.8, 4) is 5.75 Å². The van der Waals surface area contributed by atoms with Crippen molar-refractivity contribution in [3.63, 3.8) is 0 Å². The molecule has 2 N–H and O–H groups in total. The Hall–Kier alpha value is -2.59. The van der Waals surface area contributed by atoms with E-state index >= 15 is 0 Å². The molecule has 0 aliphatic carbocycles. The standard InChI is InChI=1S/C22H22ClNO3/c1-2-3-4-5-8-14-11-12-18-16(13-14)21(26)19(22(27)24-18)20(25)15-9-6-7-10-17(15)23/h6-7,9-13H,2-5,8H2,1H3,(H2,24,26,27). The molecule has 0 saturated heterocycles. The summed E-state index contributed by atoms with van der Waals surface area (Å²) in [5, 5.41) is 11.4. The number of hydrogen-bond donors (Lipinski definition) is 2. The van der Waals surface area contributed by atoms with Crippen LogP contribution in [-0.4, -0.2) is 15.9 Å². The number of aromatic hydroxyl groups is 1. The number of unbranched alkanes of at least 4 members (excludes halogenated alkanes) is 3. The van der Waals surface area contributed by atoms with Crippen molar-refractivity contribution < 1.29 is 9.90 Å². The summed E-state index contributed by atoms with van der Waals surface area (Å²) in [5.41, 5.74) is 0.858. The van der Waals surface area contributed by atoms with Gasteiger partial charge in [0.25, 0.3) is 5.56 Å². The average Bonchev–Trinajstić information content (AvgIpc) is 2.66. The van der Waals surface area contributed by atoms with Crippen molar-refractivity contribution in [2.24, 2.45) is 0 Å². The van der Waals surface area contributed by atoms with Crippen LogP contribution in [0.4, 0.5) is 0 Å². The summed E-state index contributed by atoms with van der Waals surface area (Å²) in [5.74, 6) is -0.885. The number of rotatable bonds is 7. The third kappa shape index (κ3) is 4.06. The minimum atomic E-state index is -0.624. The molecular weight excluding hydrogens is 362 g/mol. The molecule has 0 radical (unpaired) electrons. The lowest BCUT2D eigenvalue weighted by atomic mass is 9.99. The lowest BCUT2D eigenvalue weighted by Gasteiger charge is -2.09. The van der Waals surface area contributed by atoms with Crippen LogP contribution in [0.25, 0.3) is 10.9 Å². The Kier molecular flexibility index (Phi) is 5.97. The van der Waals surface area contributed by atoms with Crippen molar-refractivity contribution in [1.29, 1.82) is 0 Å². The molecular formula is C22H22ClNO3. The predicted octanol–water partition coefficient (Wildman–Crippen LogP) is 5.24. The van der Waals surface area contributed by atoms with Crippen LogP contribution in [0.1, 0.15) is 54.1 Å². The van der Waals surface area contributed by atoms with E-state index in [4.69, 9.17) is 11.6 Å². The van der Waals surface area contributed by atoms with Crippen LogP contribution >= 0.6 is 11.6 Å². The predicted molar refractivity (Wildman–Crippen MR) is 109 cm³/mol. The van der Waals surface area contributed by atoms with Gasteiger partial charge in [-0.1, -0.05) is 56.0 Å². The number of H-pyrrole nitrogens is 1. The fraction of sp³-hybridized carbons (Fsp3) is 0.273. The molecule has 0 aliphatic heterocycles. The van der Waals surface area contributed by atoms with Gasteiger partial charge in [-0.05, 0) is 42.7 Å². The average molecular weight is 384 g/mol. The van der Waals surface area contributed by atoms with E-state index in [9.17, 15) is 14.7 Å². The van der Waals surface area contributed by atoms with Gasteiger partial charge >= 0.3 is 0 Å². The van der Waals surface area contributed by atoms with Gasteiger partial charge in [0.2, 0.25) is 5.78 Å². The number of benzene rings is 2. The number of aromatic nitrogens is 1. The Morgan fingerprint density at radius 3 is 2.63 bits per heavy atom. The number of ketones is 1. The van der Waals surface area contributed by atoms with Gasteiger partial charge in [-0.15, -0.1) is 0 Å². The Bertz CT molecular complexity index is 1040. The number of pyridine rings is 1. The van der Waals surface area contributed by atoms with Crippen molar-refractivity contribution in [2.45, 2.75) is 39.0 Å². The van der Waals surface area contributed by atoms with Gasteiger partial charge in [0.1, 0.15) is 11.3 Å². The number of fused-ring (bicyclic) bond motifs is 1. The molecule has 3 aromatic rings. The molecule has 0 unspecified atom stereocenters. The van der Waals surface area contributed by atoms with Gasteiger partial charge in [-0.25, -0.2) is 0 Å². The first kappa shape index (κ1) is 19.2. The van der Waals surface area contributed by atoms with E-state index in [0.717, 1.165) is 24.8 Å². The maximum absolute atomic E-state index is 12.8. The molecule has 3 rings (SSSR count). The highest BCUT2D eigenvalue weighted by atomic mass is 35.5. The molecule has 0 atom stereocenters. The summed E-state index contributed by atoms with van der Waals surface area (Å²) in [7, 11) is 0. The van der Waals surface area contributed by atoms with Crippen molar-refractivity contribution >= 4 is 28.3 Å². The van der Waals surface area contributed by atoms with Crippen molar-refractivity contribution in [1.82, 2.24) is 4.98 Å². The largest absolute Gasteiger partial charge is 0.506 e. The van der Waals surface area contributed by atoms with Crippen molar-refractivity contribution in [2.75, 3.05) is 0 Å². The van der Waals surface area contributed by atoms with Gasteiger partial charge in [-0.3, -0.25) is 9.59 Å². The maximum Gasteiger partial charge on any atom is 0.263 e. The normalized spacial score (nSPS) is 11.0. The number of halogens is 1. The summed E-state index contributed by atoms with van der Waals surface area (Å²) in [6.45, 7) is 2.17. The lowest BCUT2D eigenvalue weighted by Crippen LogP contribution is -2.19. The third-order valence-corrected chi connectivity index (χ3v) is 5.05. The summed E-state index contributed by atoms with van der Waals surface area (Å²) >= 11 is 6.09. The highest BCUT2D eigenvalue weighted by Gasteiger charge is 2.22. The van der Waals surface area contributed by atoms with Crippen LogP contribution in [-0.2, 0) is 6.42 Å². The number of aryl methyl sites for hydroxylation is 1. The van der Waals surface area contributed by atoms with E-state index < -0.39 is 11.3 Å². The molecule has 1 aromatic heterocycles. The summed E-state index contributed by atoms with van der Waals surface area (Å²) in [4.78, 5) is 27.9. The van der Waals surface area contributed by atoms with Gasteiger partial charge in [0.15, 0.2) is 0 Å². The molecule has 0 bridgehead atoms. The van der Waals surface area contributed by atoms with E-state index in [1.165, 1.54) is 18.9 Å². The van der Waals surface area contributed by atoms with Gasteiger partial charge in [0.05, 0.1) is 10.5 Å². The maximum atomic E-state index is 12.8. The number of carbonyl (C=O) groups is 1. The Morgan fingerprint density at radius 2 is 1.89 bits per heavy atom. The molecule has 1 heterocycles. The van der Waals surface area contributed by atoms with E-state index in [-0.39, 0.29) is 21.9 Å². The second-order valence-electron chi connectivity index (χ2n) is 6.68. The van der Waals surface area contributed by atoms with Crippen LogP contribution in [0.15, 0.2) is 47.3 Å². The quantitative estimate of drug-likeness (QED) is 0.433. The number of hydrogen-bond acceptors (Lipinski definition) is 3. The first-order chi connectivity index (χ1) is 13.0. The van der Waals surface area contributed by atoms with Gasteiger partial charge in [-0.2, -0.15) is 0 Å². The second-order valence-corrected chi connectivity index (χ2v) is 7.08. The van der Waals surface area contributed by atoms with Crippen LogP contribution in [0, 0.1) is 0 Å². The monoisotopic (exact) mass is 383 g/mol. The number of carbonyl (C=O) groups excluding carboxylic acids is 1. The Labute approximate surface area is 162 Å². The molecule has 2 aromatic carbocycles. The topological polar surface area (TPSA) is 70.2 Å². The fourth-order valence-corrected chi connectivity index (χ4v) is 3.45. The second kappa shape index (κ2) is 8.40. The Balaban J connectivity index is 2.02. The van der Waals surface area contributed by atoms with E-state index in [2.05, 4.69) is 11.9 Å². The zero-order chi connectivity index (χ0) is 19.4. The lowest BCUT2D eigenvalue weighted by molar-refractivity contribution is 0.103. The fourth-order valence-electron chi connectivity index (χ4n) is 3.23. The molecule has 0 saturated carbocycles. The van der Waals surface area contributed by atoms with Crippen LogP contribution in [0.2, 0.25) is 5.02 Å². The highest BCUT2D eigenvalue weighted by Crippen LogP contribution is 2.29. The molecule has 0 amide bonds. The Morgan fingerprint density at radius 1 is 1.11 bits per heavy atom. The minimum Gasteiger partial charge on any atom is -0.506 e. The molecule has 0 aliphatic rings. The van der Waals surface area contributed by atoms with Crippen LogP contribution in [0.3, 0.4) is 0 Å². The van der Waals surface area contributed by atoms with Gasteiger partial charge < -0.3 is 10.1 Å². The zero-order valence-electron chi connectivity index (χ0n) is 15.2. The van der Waals surface area contributed by atoms with E-state index in [1.807, 2.05) is 12.1 Å². The molecule has 4 nitrogen and oxygen atoms in total. The molecule has 5 heteroatoms. The van der Waals surface area contributed by atoms with Crippen LogP contribution in [0.5, 0.6) is 5.75 Å². The first-order valence-electron chi connectivity index (χ1n) is 9.20. The van der Waals surface area contributed by atoms with E-state index in [0.29, 0.717) is 10.9 Å². The summed E-state index contributed by atoms with van der Waals surface area (Å²) in [6, 6.07) is 12.0. The molecule has 0 fully saturated rings. The highest BCUT2D eigenvalue weighted by molar-refractivity contribution is 6.35. The minimum absolute atomic E-state index is 0.190. The summed E-state index contributed by atoms with van der Waals surface area (Å²) < 4.78 is 0. The zero-order valence-corrected chi connectivity index (χ0v) is 16.0. The molecule has 27 heavy (non-hydrogen) atoms. The molecule has 140 valence electrons. The smallest absolute Gasteiger partial charge is 0.263 e. The van der Waals surface area contributed by atoms with E-state index in [1.54, 1.807) is 24.3 Å².